The van der Waals surface area contributed by atoms with E-state index in [2.05, 4.69) is 49.1 Å². The molecule has 4 heteroatoms. The van der Waals surface area contributed by atoms with Crippen molar-refractivity contribution < 1.29 is 4.79 Å². The second-order valence-corrected chi connectivity index (χ2v) is 7.09. The zero-order chi connectivity index (χ0) is 17.0. The number of carbonyl (C=O) groups is 1. The standard InChI is InChI=1S/C19H31N3O/c1-5-17(20)19(23)21(4)18-14(2)11-22(12-15(18)3)13-16-9-7-6-8-10-16/h6-10,14-15,17-18H,5,11-13,20H2,1-4H3/t14-,15-,17-/m0/s1. The lowest BCUT2D eigenvalue weighted by atomic mass is 9.84. The van der Waals surface area contributed by atoms with Crippen molar-refractivity contribution in [3.05, 3.63) is 35.9 Å². The molecule has 3 atom stereocenters. The largest absolute Gasteiger partial charge is 0.341 e. The molecular weight excluding hydrogens is 286 g/mol. The molecule has 4 nitrogen and oxygen atoms in total. The fraction of sp³-hybridized carbons (Fsp3) is 0.632. The van der Waals surface area contributed by atoms with Gasteiger partial charge in [0.05, 0.1) is 6.04 Å². The van der Waals surface area contributed by atoms with Gasteiger partial charge in [-0.15, -0.1) is 0 Å². The van der Waals surface area contributed by atoms with E-state index in [4.69, 9.17) is 5.73 Å². The van der Waals surface area contributed by atoms with Crippen LogP contribution in [0.4, 0.5) is 0 Å². The zero-order valence-electron chi connectivity index (χ0n) is 14.9. The highest BCUT2D eigenvalue weighted by Gasteiger charge is 2.37. The molecule has 1 amide bonds. The zero-order valence-corrected chi connectivity index (χ0v) is 14.9. The van der Waals surface area contributed by atoms with Crippen molar-refractivity contribution in [3.63, 3.8) is 0 Å². The second-order valence-electron chi connectivity index (χ2n) is 7.09. The van der Waals surface area contributed by atoms with Crippen LogP contribution in [-0.2, 0) is 11.3 Å². The highest BCUT2D eigenvalue weighted by atomic mass is 16.2. The van der Waals surface area contributed by atoms with Gasteiger partial charge >= 0.3 is 0 Å². The predicted molar refractivity (Wildman–Crippen MR) is 94.9 cm³/mol. The maximum absolute atomic E-state index is 12.4. The number of likely N-dealkylation sites (N-methyl/N-ethyl adjacent to an activating group) is 1. The lowest BCUT2D eigenvalue weighted by molar-refractivity contribution is -0.137. The third kappa shape index (κ3) is 4.33. The van der Waals surface area contributed by atoms with Gasteiger partial charge in [-0.2, -0.15) is 0 Å². The average Bonchev–Trinajstić information content (AvgIpc) is 2.53. The van der Waals surface area contributed by atoms with Crippen LogP contribution in [0.25, 0.3) is 0 Å². The molecule has 2 N–H and O–H groups in total. The Morgan fingerprint density at radius 2 is 1.83 bits per heavy atom. The fourth-order valence-corrected chi connectivity index (χ4v) is 3.98. The molecule has 1 aromatic rings. The molecule has 0 radical (unpaired) electrons. The lowest BCUT2D eigenvalue weighted by Gasteiger charge is -2.46. The number of piperidine rings is 1. The topological polar surface area (TPSA) is 49.6 Å². The molecule has 1 aliphatic heterocycles. The van der Waals surface area contributed by atoms with Crippen LogP contribution in [0.1, 0.15) is 32.8 Å². The fourth-order valence-electron chi connectivity index (χ4n) is 3.98. The summed E-state index contributed by atoms with van der Waals surface area (Å²) < 4.78 is 0. The highest BCUT2D eigenvalue weighted by molar-refractivity contribution is 5.81. The minimum absolute atomic E-state index is 0.0766. The van der Waals surface area contributed by atoms with E-state index in [1.807, 2.05) is 18.9 Å². The second kappa shape index (κ2) is 7.93. The van der Waals surface area contributed by atoms with Crippen LogP contribution in [0.5, 0.6) is 0 Å². The molecule has 23 heavy (non-hydrogen) atoms. The van der Waals surface area contributed by atoms with Crippen LogP contribution >= 0.6 is 0 Å². The van der Waals surface area contributed by atoms with Crippen LogP contribution in [0, 0.1) is 11.8 Å². The molecule has 0 bridgehead atoms. The molecule has 1 heterocycles. The Labute approximate surface area is 140 Å². The molecule has 1 aromatic carbocycles. The summed E-state index contributed by atoms with van der Waals surface area (Å²) in [5.41, 5.74) is 7.29. The molecule has 0 saturated carbocycles. The molecule has 2 rings (SSSR count). The van der Waals surface area contributed by atoms with Gasteiger partial charge in [-0.1, -0.05) is 51.1 Å². The quantitative estimate of drug-likeness (QED) is 0.907. The summed E-state index contributed by atoms with van der Waals surface area (Å²) in [6.07, 6.45) is 0.693. The maximum atomic E-state index is 12.4. The first-order valence-corrected chi connectivity index (χ1v) is 8.72. The lowest BCUT2D eigenvalue weighted by Crippen LogP contribution is -2.57. The van der Waals surface area contributed by atoms with E-state index < -0.39 is 0 Å². The Bertz CT molecular complexity index is 493. The van der Waals surface area contributed by atoms with Crippen molar-refractivity contribution in [1.29, 1.82) is 0 Å². The van der Waals surface area contributed by atoms with Crippen LogP contribution < -0.4 is 5.73 Å². The van der Waals surface area contributed by atoms with Gasteiger partial charge in [0.25, 0.3) is 0 Å². The third-order valence-electron chi connectivity index (χ3n) is 5.06. The molecular formula is C19H31N3O. The molecule has 1 fully saturated rings. The van der Waals surface area contributed by atoms with Crippen LogP contribution in [-0.4, -0.2) is 47.9 Å². The van der Waals surface area contributed by atoms with Crippen molar-refractivity contribution in [1.82, 2.24) is 9.80 Å². The minimum atomic E-state index is -0.373. The van der Waals surface area contributed by atoms with Gasteiger partial charge in [-0.3, -0.25) is 9.69 Å². The number of benzene rings is 1. The maximum Gasteiger partial charge on any atom is 0.239 e. The van der Waals surface area contributed by atoms with E-state index in [1.165, 1.54) is 5.56 Å². The summed E-state index contributed by atoms with van der Waals surface area (Å²) in [7, 11) is 1.92. The molecule has 128 valence electrons. The van der Waals surface area contributed by atoms with Gasteiger partial charge < -0.3 is 10.6 Å². The van der Waals surface area contributed by atoms with E-state index in [0.717, 1.165) is 19.6 Å². The summed E-state index contributed by atoms with van der Waals surface area (Å²) in [6.45, 7) is 9.48. The molecule has 1 saturated heterocycles. The summed E-state index contributed by atoms with van der Waals surface area (Å²) >= 11 is 0. The first-order valence-electron chi connectivity index (χ1n) is 8.72. The highest BCUT2D eigenvalue weighted by Crippen LogP contribution is 2.27. The van der Waals surface area contributed by atoms with E-state index in [1.54, 1.807) is 0 Å². The van der Waals surface area contributed by atoms with Crippen LogP contribution in [0.3, 0.4) is 0 Å². The number of rotatable bonds is 5. The average molecular weight is 317 g/mol. The van der Waals surface area contributed by atoms with Gasteiger partial charge in [0.2, 0.25) is 5.91 Å². The first-order chi connectivity index (χ1) is 10.9. The van der Waals surface area contributed by atoms with Crippen molar-refractivity contribution >= 4 is 5.91 Å². The van der Waals surface area contributed by atoms with Gasteiger partial charge in [0.1, 0.15) is 0 Å². The number of hydrogen-bond acceptors (Lipinski definition) is 3. The summed E-state index contributed by atoms with van der Waals surface area (Å²) in [6, 6.07) is 10.5. The Balaban J connectivity index is 2.00. The van der Waals surface area contributed by atoms with Gasteiger partial charge in [0.15, 0.2) is 0 Å². The molecule has 0 unspecified atom stereocenters. The van der Waals surface area contributed by atoms with Crippen molar-refractivity contribution in [3.8, 4) is 0 Å². The summed E-state index contributed by atoms with van der Waals surface area (Å²) in [5, 5.41) is 0. The number of nitrogens with zero attached hydrogens (tertiary/aromatic N) is 2. The SMILES string of the molecule is CC[C@H](N)C(=O)N(C)C1[C@@H](C)CN(Cc2ccccc2)C[C@@H]1C. The van der Waals surface area contributed by atoms with Crippen LogP contribution in [0.15, 0.2) is 30.3 Å². The number of hydrogen-bond donors (Lipinski definition) is 1. The number of nitrogens with two attached hydrogens (primary N) is 1. The minimum Gasteiger partial charge on any atom is -0.341 e. The Hall–Kier alpha value is -1.39. The molecule has 1 aliphatic rings. The summed E-state index contributed by atoms with van der Waals surface area (Å²) in [5.74, 6) is 0.966. The Morgan fingerprint density at radius 1 is 1.26 bits per heavy atom. The van der Waals surface area contributed by atoms with Crippen molar-refractivity contribution in [2.45, 2.75) is 45.8 Å². The Kier molecular flexibility index (Phi) is 6.19. The van der Waals surface area contributed by atoms with Crippen molar-refractivity contribution in [2.75, 3.05) is 20.1 Å². The van der Waals surface area contributed by atoms with Gasteiger partial charge in [-0.25, -0.2) is 0 Å². The molecule has 0 spiro atoms. The predicted octanol–water partition coefficient (Wildman–Crippen LogP) is 2.34. The van der Waals surface area contributed by atoms with Crippen LogP contribution in [0.2, 0.25) is 0 Å². The first kappa shape index (κ1) is 18.0. The van der Waals surface area contributed by atoms with E-state index in [9.17, 15) is 4.79 Å². The van der Waals surface area contributed by atoms with Crippen molar-refractivity contribution in [2.24, 2.45) is 17.6 Å². The molecule has 0 aliphatic carbocycles. The van der Waals surface area contributed by atoms with E-state index >= 15 is 0 Å². The Morgan fingerprint density at radius 3 is 2.35 bits per heavy atom. The normalized spacial score (nSPS) is 24.4. The third-order valence-corrected chi connectivity index (χ3v) is 5.06. The number of likely N-dealkylation sites (tertiary alicyclic amines) is 1. The number of carbonyl (C=O) groups excluding carboxylic acids is 1. The molecule has 0 aromatic heterocycles. The van der Waals surface area contributed by atoms with Gasteiger partial charge in [-0.05, 0) is 23.8 Å². The number of amides is 1. The van der Waals surface area contributed by atoms with E-state index in [-0.39, 0.29) is 18.0 Å². The monoisotopic (exact) mass is 317 g/mol. The van der Waals surface area contributed by atoms with E-state index in [0.29, 0.717) is 18.3 Å². The van der Waals surface area contributed by atoms with Gasteiger partial charge in [0, 0.05) is 32.7 Å². The smallest absolute Gasteiger partial charge is 0.239 e. The summed E-state index contributed by atoms with van der Waals surface area (Å²) in [4.78, 5) is 16.8.